The first-order valence-corrected chi connectivity index (χ1v) is 9.77. The van der Waals surface area contributed by atoms with Crippen molar-refractivity contribution < 1.29 is 14.3 Å². The Morgan fingerprint density at radius 2 is 1.67 bits per heavy atom. The lowest BCUT2D eigenvalue weighted by molar-refractivity contribution is 0.0735. The molecule has 3 aromatic rings. The number of halogens is 1. The zero-order valence-corrected chi connectivity index (χ0v) is 16.7. The molecule has 0 saturated carbocycles. The van der Waals surface area contributed by atoms with Crippen LogP contribution in [0.5, 0.6) is 11.5 Å². The number of benzene rings is 3. The number of unbranched alkanes of at least 4 members (excludes halogenated alkanes) is 1. The van der Waals surface area contributed by atoms with Gasteiger partial charge in [0.05, 0.1) is 16.6 Å². The van der Waals surface area contributed by atoms with Gasteiger partial charge in [-0.3, -0.25) is 0 Å². The molecule has 3 rings (SSSR count). The molecule has 0 heterocycles. The van der Waals surface area contributed by atoms with E-state index >= 15 is 0 Å². The normalized spacial score (nSPS) is 10.4. The molecule has 0 unspecified atom stereocenters. The van der Waals surface area contributed by atoms with Gasteiger partial charge in [-0.1, -0.05) is 61.9 Å². The summed E-state index contributed by atoms with van der Waals surface area (Å²) in [5, 5.41) is 0. The highest BCUT2D eigenvalue weighted by atomic mass is 79.9. The van der Waals surface area contributed by atoms with E-state index in [0.29, 0.717) is 17.9 Å². The summed E-state index contributed by atoms with van der Waals surface area (Å²) in [6.07, 6.45) is 2.06. The zero-order chi connectivity index (χ0) is 19.1. The first-order valence-electron chi connectivity index (χ1n) is 8.98. The quantitative estimate of drug-likeness (QED) is 0.246. The van der Waals surface area contributed by atoms with Gasteiger partial charge >= 0.3 is 5.97 Å². The number of hydrogen-bond donors (Lipinski definition) is 0. The summed E-state index contributed by atoms with van der Waals surface area (Å²) < 4.78 is 12.1. The van der Waals surface area contributed by atoms with Gasteiger partial charge in [-0.2, -0.15) is 0 Å². The number of carbonyl (C=O) groups excluding carboxylic acids is 1. The van der Waals surface area contributed by atoms with Crippen molar-refractivity contribution >= 4 is 21.9 Å². The molecular weight excluding hydrogens is 404 g/mol. The summed E-state index contributed by atoms with van der Waals surface area (Å²) in [7, 11) is 0. The van der Waals surface area contributed by atoms with Crippen LogP contribution < -0.4 is 9.47 Å². The maximum absolute atomic E-state index is 12.6. The number of rotatable bonds is 7. The molecule has 3 nitrogen and oxygen atoms in total. The van der Waals surface area contributed by atoms with Crippen LogP contribution in [-0.2, 0) is 0 Å². The Morgan fingerprint density at radius 1 is 0.926 bits per heavy atom. The zero-order valence-electron chi connectivity index (χ0n) is 15.2. The van der Waals surface area contributed by atoms with Crippen LogP contribution >= 0.6 is 15.9 Å². The molecule has 0 atom stereocenters. The third-order valence-electron chi connectivity index (χ3n) is 4.10. The van der Waals surface area contributed by atoms with Gasteiger partial charge < -0.3 is 9.47 Å². The molecule has 0 radical (unpaired) electrons. The van der Waals surface area contributed by atoms with Crippen molar-refractivity contribution in [2.75, 3.05) is 6.61 Å². The third-order valence-corrected chi connectivity index (χ3v) is 4.72. The minimum Gasteiger partial charge on any atom is -0.492 e. The summed E-state index contributed by atoms with van der Waals surface area (Å²) >= 11 is 3.47. The molecule has 0 aliphatic rings. The van der Waals surface area contributed by atoms with Gasteiger partial charge in [0.15, 0.2) is 0 Å². The molecule has 0 spiro atoms. The Morgan fingerprint density at radius 3 is 2.41 bits per heavy atom. The highest BCUT2D eigenvalue weighted by molar-refractivity contribution is 9.10. The smallest absolute Gasteiger partial charge is 0.343 e. The fourth-order valence-corrected chi connectivity index (χ4v) is 3.14. The molecule has 0 saturated heterocycles. The summed E-state index contributed by atoms with van der Waals surface area (Å²) in [6.45, 7) is 2.77. The van der Waals surface area contributed by atoms with Crippen molar-refractivity contribution in [3.8, 4) is 22.6 Å². The van der Waals surface area contributed by atoms with Gasteiger partial charge in [0.2, 0.25) is 0 Å². The molecule has 0 aromatic heterocycles. The number of carbonyl (C=O) groups is 1. The summed E-state index contributed by atoms with van der Waals surface area (Å²) in [4.78, 5) is 12.6. The van der Waals surface area contributed by atoms with Gasteiger partial charge in [0, 0.05) is 5.56 Å². The van der Waals surface area contributed by atoms with Gasteiger partial charge in [-0.15, -0.1) is 0 Å². The predicted octanol–water partition coefficient (Wildman–Crippen LogP) is 6.51. The van der Waals surface area contributed by atoms with Crippen molar-refractivity contribution in [2.24, 2.45) is 0 Å². The molecule has 4 heteroatoms. The molecule has 0 aliphatic carbocycles. The minimum absolute atomic E-state index is 0.404. The third kappa shape index (κ3) is 4.98. The predicted molar refractivity (Wildman–Crippen MR) is 111 cm³/mol. The Bertz CT molecular complexity index is 907. The lowest BCUT2D eigenvalue weighted by Crippen LogP contribution is -2.09. The highest BCUT2D eigenvalue weighted by Gasteiger charge is 2.14. The number of esters is 1. The fourth-order valence-electron chi connectivity index (χ4n) is 2.64. The van der Waals surface area contributed by atoms with E-state index in [9.17, 15) is 4.79 Å². The van der Waals surface area contributed by atoms with Crippen LogP contribution in [0.15, 0.2) is 77.3 Å². The topological polar surface area (TPSA) is 35.5 Å². The lowest BCUT2D eigenvalue weighted by atomic mass is 10.0. The van der Waals surface area contributed by atoms with Crippen molar-refractivity contribution in [3.05, 3.63) is 82.8 Å². The molecule has 3 aromatic carbocycles. The summed E-state index contributed by atoms with van der Waals surface area (Å²) in [5.41, 5.74) is 2.35. The van der Waals surface area contributed by atoms with E-state index in [0.717, 1.165) is 34.2 Å². The molecule has 0 bridgehead atoms. The van der Waals surface area contributed by atoms with Crippen LogP contribution in [0.2, 0.25) is 0 Å². The standard InChI is InChI=1S/C23H21BrO3/c1-2-3-15-26-22-14-13-18(16-20(22)24)23(25)27-21-12-8-7-11-19(21)17-9-5-4-6-10-17/h4-14,16H,2-3,15H2,1H3. The van der Waals surface area contributed by atoms with Crippen molar-refractivity contribution in [2.45, 2.75) is 19.8 Å². The van der Waals surface area contributed by atoms with Crippen LogP contribution in [0.4, 0.5) is 0 Å². The number of ether oxygens (including phenoxy) is 2. The van der Waals surface area contributed by atoms with Crippen LogP contribution in [0, 0.1) is 0 Å². The number of para-hydroxylation sites is 1. The number of hydrogen-bond acceptors (Lipinski definition) is 3. The van der Waals surface area contributed by atoms with Crippen LogP contribution in [0.3, 0.4) is 0 Å². The molecule has 138 valence electrons. The molecule has 0 aliphatic heterocycles. The molecular formula is C23H21BrO3. The van der Waals surface area contributed by atoms with Crippen LogP contribution in [0.25, 0.3) is 11.1 Å². The SMILES string of the molecule is CCCCOc1ccc(C(=O)Oc2ccccc2-c2ccccc2)cc1Br. The first kappa shape index (κ1) is 19.2. The summed E-state index contributed by atoms with van der Waals surface area (Å²) in [5.74, 6) is 0.858. The largest absolute Gasteiger partial charge is 0.492 e. The monoisotopic (exact) mass is 424 g/mol. The van der Waals surface area contributed by atoms with E-state index in [1.54, 1.807) is 24.3 Å². The van der Waals surface area contributed by atoms with Crippen LogP contribution in [0.1, 0.15) is 30.1 Å². The van der Waals surface area contributed by atoms with Crippen molar-refractivity contribution in [1.82, 2.24) is 0 Å². The van der Waals surface area contributed by atoms with Crippen molar-refractivity contribution in [3.63, 3.8) is 0 Å². The van der Waals surface area contributed by atoms with E-state index in [4.69, 9.17) is 9.47 Å². The molecule has 0 N–H and O–H groups in total. The molecule has 0 amide bonds. The fraction of sp³-hybridized carbons (Fsp3) is 0.174. The van der Waals surface area contributed by atoms with Crippen LogP contribution in [-0.4, -0.2) is 12.6 Å². The average Bonchev–Trinajstić information content (AvgIpc) is 2.70. The second kappa shape index (κ2) is 9.38. The van der Waals surface area contributed by atoms with E-state index < -0.39 is 5.97 Å². The maximum Gasteiger partial charge on any atom is 0.343 e. The van der Waals surface area contributed by atoms with E-state index in [2.05, 4.69) is 22.9 Å². The second-order valence-electron chi connectivity index (χ2n) is 6.10. The highest BCUT2D eigenvalue weighted by Crippen LogP contribution is 2.31. The Hall–Kier alpha value is -2.59. The lowest BCUT2D eigenvalue weighted by Gasteiger charge is -2.12. The molecule has 27 heavy (non-hydrogen) atoms. The van der Waals surface area contributed by atoms with Gasteiger partial charge in [0.1, 0.15) is 11.5 Å². The molecule has 0 fully saturated rings. The second-order valence-corrected chi connectivity index (χ2v) is 6.95. The summed E-state index contributed by atoms with van der Waals surface area (Å²) in [6, 6.07) is 22.6. The van der Waals surface area contributed by atoms with E-state index in [1.165, 1.54) is 0 Å². The van der Waals surface area contributed by atoms with Gasteiger partial charge in [-0.25, -0.2) is 4.79 Å². The average molecular weight is 425 g/mol. The maximum atomic E-state index is 12.6. The van der Waals surface area contributed by atoms with E-state index in [-0.39, 0.29) is 0 Å². The van der Waals surface area contributed by atoms with Gasteiger partial charge in [0.25, 0.3) is 0 Å². The first-order chi connectivity index (χ1) is 13.2. The van der Waals surface area contributed by atoms with Gasteiger partial charge in [-0.05, 0) is 52.2 Å². The minimum atomic E-state index is -0.404. The Balaban J connectivity index is 1.78. The van der Waals surface area contributed by atoms with Crippen molar-refractivity contribution in [1.29, 1.82) is 0 Å². The Kier molecular flexibility index (Phi) is 6.66. The Labute approximate surface area is 168 Å². The van der Waals surface area contributed by atoms with E-state index in [1.807, 2.05) is 48.5 Å².